The number of hydrogen-bond acceptors (Lipinski definition) is 3. The van der Waals surface area contributed by atoms with Gasteiger partial charge in [-0.15, -0.1) is 0 Å². The van der Waals surface area contributed by atoms with Crippen molar-refractivity contribution in [2.24, 2.45) is 5.92 Å². The Balaban J connectivity index is 0. The Morgan fingerprint density at radius 3 is 1.94 bits per heavy atom. The molecule has 0 bridgehead atoms. The van der Waals surface area contributed by atoms with Crippen molar-refractivity contribution < 1.29 is 10.2 Å². The molecule has 2 atom stereocenters. The maximum absolute atomic E-state index is 9.35. The first-order chi connectivity index (χ1) is 7.97. The highest BCUT2D eigenvalue weighted by Gasteiger charge is 2.11. The third-order valence-electron chi connectivity index (χ3n) is 2.48. The van der Waals surface area contributed by atoms with Gasteiger partial charge in [-0.2, -0.15) is 0 Å². The molecule has 0 aliphatic heterocycles. The van der Waals surface area contributed by atoms with Crippen molar-refractivity contribution in [3.05, 3.63) is 30.3 Å². The van der Waals surface area contributed by atoms with Gasteiger partial charge in [0.15, 0.2) is 0 Å². The van der Waals surface area contributed by atoms with Crippen LogP contribution in [0.4, 0.5) is 0 Å². The van der Waals surface area contributed by atoms with Gasteiger partial charge < -0.3 is 15.1 Å². The molecule has 1 aromatic carbocycles. The average molecular weight is 255 g/mol. The van der Waals surface area contributed by atoms with Gasteiger partial charge in [0.05, 0.1) is 6.10 Å². The summed E-state index contributed by atoms with van der Waals surface area (Å²) >= 11 is 0. The maximum Gasteiger partial charge on any atom is 0.115 e. The number of hydrogen-bond donors (Lipinski definition) is 2. The molecule has 1 rings (SSSR count). The van der Waals surface area contributed by atoms with Crippen molar-refractivity contribution in [1.82, 2.24) is 4.90 Å². The van der Waals surface area contributed by atoms with Gasteiger partial charge in [-0.3, -0.25) is 0 Å². The first kappa shape index (κ1) is 19.3. The summed E-state index contributed by atoms with van der Waals surface area (Å²) in [4.78, 5) is 2.10. The van der Waals surface area contributed by atoms with Crippen LogP contribution in [0.5, 0.6) is 5.75 Å². The molecule has 0 aliphatic carbocycles. The Labute approximate surface area is 112 Å². The lowest BCUT2D eigenvalue weighted by Crippen LogP contribution is -2.28. The van der Waals surface area contributed by atoms with E-state index >= 15 is 0 Å². The lowest BCUT2D eigenvalue weighted by molar-refractivity contribution is 0.0964. The van der Waals surface area contributed by atoms with Crippen LogP contribution < -0.4 is 0 Å². The number of aliphatic hydroxyl groups is 1. The van der Waals surface area contributed by atoms with Crippen LogP contribution in [-0.2, 0) is 0 Å². The normalized spacial score (nSPS) is 13.0. The zero-order valence-electron chi connectivity index (χ0n) is 11.3. The van der Waals surface area contributed by atoms with E-state index in [-0.39, 0.29) is 13.5 Å². The molecule has 2 N–H and O–H groups in total. The van der Waals surface area contributed by atoms with Crippen LogP contribution >= 0.6 is 0 Å². The molecule has 0 fully saturated rings. The summed E-state index contributed by atoms with van der Waals surface area (Å²) in [5.74, 6) is 0.711. The summed E-state index contributed by atoms with van der Waals surface area (Å²) in [6.45, 7) is 5.06. The van der Waals surface area contributed by atoms with Crippen LogP contribution in [0.15, 0.2) is 30.3 Å². The molecular formula is C15H29NO2. The van der Waals surface area contributed by atoms with Crippen LogP contribution in [0, 0.1) is 5.92 Å². The Bertz CT molecular complexity index is 275. The number of para-hydroxylation sites is 1. The summed E-state index contributed by atoms with van der Waals surface area (Å²) < 4.78 is 0. The zero-order chi connectivity index (χ0) is 13.3. The third-order valence-corrected chi connectivity index (χ3v) is 2.48. The first-order valence-corrected chi connectivity index (χ1v) is 6.04. The summed E-state index contributed by atoms with van der Waals surface area (Å²) in [5.41, 5.74) is 0. The maximum atomic E-state index is 9.35. The Kier molecular flexibility index (Phi) is 11.8. The number of aromatic hydroxyl groups is 1. The van der Waals surface area contributed by atoms with E-state index in [0.29, 0.717) is 11.7 Å². The van der Waals surface area contributed by atoms with Crippen molar-refractivity contribution in [3.8, 4) is 5.75 Å². The van der Waals surface area contributed by atoms with Gasteiger partial charge in [-0.1, -0.05) is 39.5 Å². The molecule has 3 heteroatoms. The van der Waals surface area contributed by atoms with Gasteiger partial charge in [0.2, 0.25) is 0 Å². The van der Waals surface area contributed by atoms with Crippen molar-refractivity contribution in [2.75, 3.05) is 20.6 Å². The molecule has 0 amide bonds. The fourth-order valence-electron chi connectivity index (χ4n) is 1.53. The van der Waals surface area contributed by atoms with Gasteiger partial charge in [0.25, 0.3) is 0 Å². The number of phenols is 1. The smallest absolute Gasteiger partial charge is 0.115 e. The van der Waals surface area contributed by atoms with E-state index in [4.69, 9.17) is 5.11 Å². The molecule has 0 saturated heterocycles. The molecule has 0 spiro atoms. The zero-order valence-corrected chi connectivity index (χ0v) is 11.3. The monoisotopic (exact) mass is 255 g/mol. The SMILES string of the molecule is C.CCC(O)C(C)CN(C)C.Oc1ccccc1. The van der Waals surface area contributed by atoms with Gasteiger partial charge >= 0.3 is 0 Å². The van der Waals surface area contributed by atoms with E-state index in [1.54, 1.807) is 24.3 Å². The fraction of sp³-hybridized carbons (Fsp3) is 0.600. The van der Waals surface area contributed by atoms with E-state index in [2.05, 4.69) is 11.8 Å². The van der Waals surface area contributed by atoms with Crippen molar-refractivity contribution >= 4 is 0 Å². The molecule has 2 unspecified atom stereocenters. The second-order valence-corrected chi connectivity index (χ2v) is 4.55. The minimum atomic E-state index is -0.137. The minimum absolute atomic E-state index is 0. The lowest BCUT2D eigenvalue weighted by atomic mass is 10.0. The second-order valence-electron chi connectivity index (χ2n) is 4.55. The predicted octanol–water partition coefficient (Wildman–Crippen LogP) is 2.98. The van der Waals surface area contributed by atoms with E-state index < -0.39 is 0 Å². The van der Waals surface area contributed by atoms with Crippen molar-refractivity contribution in [1.29, 1.82) is 0 Å². The number of aliphatic hydroxyl groups excluding tert-OH is 1. The van der Waals surface area contributed by atoms with Gasteiger partial charge in [0, 0.05) is 6.54 Å². The summed E-state index contributed by atoms with van der Waals surface area (Å²) in [6.07, 6.45) is 0.719. The highest BCUT2D eigenvalue weighted by atomic mass is 16.3. The number of benzene rings is 1. The predicted molar refractivity (Wildman–Crippen MR) is 78.9 cm³/mol. The van der Waals surface area contributed by atoms with E-state index in [9.17, 15) is 5.11 Å². The quantitative estimate of drug-likeness (QED) is 0.869. The largest absolute Gasteiger partial charge is 0.508 e. The third kappa shape index (κ3) is 10.1. The van der Waals surface area contributed by atoms with Crippen LogP contribution in [-0.4, -0.2) is 41.9 Å². The Morgan fingerprint density at radius 1 is 1.17 bits per heavy atom. The molecule has 0 radical (unpaired) electrons. The van der Waals surface area contributed by atoms with Gasteiger partial charge in [-0.05, 0) is 38.6 Å². The molecule has 0 saturated carbocycles. The summed E-state index contributed by atoms with van der Waals surface area (Å²) in [7, 11) is 4.05. The number of phenolic OH excluding ortho intramolecular Hbond substituents is 1. The molecule has 0 aromatic heterocycles. The summed E-state index contributed by atoms with van der Waals surface area (Å²) in [5, 5.41) is 18.0. The van der Waals surface area contributed by atoms with E-state index in [0.717, 1.165) is 13.0 Å². The minimum Gasteiger partial charge on any atom is -0.508 e. The molecule has 18 heavy (non-hydrogen) atoms. The fourth-order valence-corrected chi connectivity index (χ4v) is 1.53. The van der Waals surface area contributed by atoms with Crippen molar-refractivity contribution in [3.63, 3.8) is 0 Å². The van der Waals surface area contributed by atoms with Crippen LogP contribution in [0.3, 0.4) is 0 Å². The first-order valence-electron chi connectivity index (χ1n) is 6.04. The van der Waals surface area contributed by atoms with E-state index in [1.165, 1.54) is 0 Å². The summed E-state index contributed by atoms with van der Waals surface area (Å²) in [6, 6.07) is 8.71. The molecule has 0 heterocycles. The highest BCUT2D eigenvalue weighted by molar-refractivity contribution is 5.18. The van der Waals surface area contributed by atoms with E-state index in [1.807, 2.05) is 27.1 Å². The average Bonchev–Trinajstić information content (AvgIpc) is 2.29. The molecule has 106 valence electrons. The number of nitrogens with zero attached hydrogens (tertiary/aromatic N) is 1. The Hall–Kier alpha value is -1.06. The molecule has 3 nitrogen and oxygen atoms in total. The standard InChI is InChI=1S/C8H19NO.C6H6O.CH4/c1-5-8(10)7(2)6-9(3)4;7-6-4-2-1-3-5-6;/h7-8,10H,5-6H2,1-4H3;1-5,7H;1H4. The van der Waals surface area contributed by atoms with Crippen LogP contribution in [0.1, 0.15) is 27.7 Å². The van der Waals surface area contributed by atoms with Crippen LogP contribution in [0.2, 0.25) is 0 Å². The highest BCUT2D eigenvalue weighted by Crippen LogP contribution is 2.06. The van der Waals surface area contributed by atoms with Crippen LogP contribution in [0.25, 0.3) is 0 Å². The van der Waals surface area contributed by atoms with Gasteiger partial charge in [0.1, 0.15) is 5.75 Å². The molecule has 0 aliphatic rings. The molecular weight excluding hydrogens is 226 g/mol. The second kappa shape index (κ2) is 11.1. The number of rotatable bonds is 4. The molecule has 1 aromatic rings. The van der Waals surface area contributed by atoms with Crippen molar-refractivity contribution in [2.45, 2.75) is 33.8 Å². The topological polar surface area (TPSA) is 43.7 Å². The Morgan fingerprint density at radius 2 is 1.67 bits per heavy atom. The van der Waals surface area contributed by atoms with Gasteiger partial charge in [-0.25, -0.2) is 0 Å². The lowest BCUT2D eigenvalue weighted by Gasteiger charge is -2.20.